The van der Waals surface area contributed by atoms with E-state index in [1.807, 2.05) is 6.92 Å². The molecule has 0 radical (unpaired) electrons. The van der Waals surface area contributed by atoms with E-state index >= 15 is 0 Å². The molecule has 4 heteroatoms. The molecule has 0 aliphatic rings. The van der Waals surface area contributed by atoms with E-state index in [2.05, 4.69) is 0 Å². The van der Waals surface area contributed by atoms with Crippen LogP contribution in [0.1, 0.15) is 43.0 Å². The molecule has 0 heterocycles. The number of hydrogen-bond donors (Lipinski definition) is 0. The Balaban J connectivity index is 2.80. The Kier molecular flexibility index (Phi) is 4.52. The monoisotopic (exact) mass is 230 g/mol. The summed E-state index contributed by atoms with van der Waals surface area (Å²) in [6.07, 6.45) is 2.59. The van der Waals surface area contributed by atoms with Gasteiger partial charge in [-0.2, -0.15) is 0 Å². The molecule has 0 amide bonds. The maximum absolute atomic E-state index is 13.2. The van der Waals surface area contributed by atoms with Crippen LogP contribution < -0.4 is 0 Å². The van der Waals surface area contributed by atoms with Crippen LogP contribution in [0.5, 0.6) is 0 Å². The van der Waals surface area contributed by atoms with Gasteiger partial charge < -0.3 is 0 Å². The lowest BCUT2D eigenvalue weighted by atomic mass is 10.0. The molecule has 0 spiro atoms. The number of benzene rings is 1. The third-order valence-corrected chi connectivity index (χ3v) is 2.34. The minimum Gasteiger partial charge on any atom is -0.294 e. The number of hydrogen-bond acceptors (Lipinski definition) is 1. The zero-order valence-electron chi connectivity index (χ0n) is 9.03. The fourth-order valence-electron chi connectivity index (χ4n) is 1.41. The number of halogens is 3. The van der Waals surface area contributed by atoms with Gasteiger partial charge in [0.2, 0.25) is 0 Å². The summed E-state index contributed by atoms with van der Waals surface area (Å²) in [5.74, 6) is -4.73. The van der Waals surface area contributed by atoms with Crippen molar-refractivity contribution in [3.8, 4) is 0 Å². The van der Waals surface area contributed by atoms with Crippen LogP contribution in [-0.2, 0) is 0 Å². The number of ketones is 1. The molecule has 0 aliphatic carbocycles. The smallest absolute Gasteiger partial charge is 0.195 e. The van der Waals surface area contributed by atoms with Crippen molar-refractivity contribution in [3.05, 3.63) is 35.1 Å². The maximum Gasteiger partial charge on any atom is 0.195 e. The molecule has 1 rings (SSSR count). The molecule has 16 heavy (non-hydrogen) atoms. The highest BCUT2D eigenvalue weighted by molar-refractivity contribution is 5.96. The first-order valence-electron chi connectivity index (χ1n) is 5.24. The molecule has 0 N–H and O–H groups in total. The van der Waals surface area contributed by atoms with Gasteiger partial charge in [0.1, 0.15) is 0 Å². The highest BCUT2D eigenvalue weighted by Gasteiger charge is 2.17. The van der Waals surface area contributed by atoms with Crippen molar-refractivity contribution in [2.75, 3.05) is 0 Å². The van der Waals surface area contributed by atoms with Gasteiger partial charge in [-0.15, -0.1) is 0 Å². The van der Waals surface area contributed by atoms with E-state index in [0.29, 0.717) is 6.42 Å². The minimum absolute atomic E-state index is 0.163. The Hall–Kier alpha value is -1.32. The van der Waals surface area contributed by atoms with Crippen molar-refractivity contribution in [1.82, 2.24) is 0 Å². The molecule has 0 atom stereocenters. The van der Waals surface area contributed by atoms with Gasteiger partial charge in [0.15, 0.2) is 23.2 Å². The molecule has 1 nitrogen and oxygen atoms in total. The molecule has 0 saturated carbocycles. The van der Waals surface area contributed by atoms with E-state index < -0.39 is 23.2 Å². The summed E-state index contributed by atoms with van der Waals surface area (Å²) >= 11 is 0. The molecular formula is C12H13F3O. The predicted octanol–water partition coefficient (Wildman–Crippen LogP) is 3.87. The van der Waals surface area contributed by atoms with Gasteiger partial charge in [-0.05, 0) is 18.6 Å². The fourth-order valence-corrected chi connectivity index (χ4v) is 1.41. The minimum atomic E-state index is -1.58. The van der Waals surface area contributed by atoms with Gasteiger partial charge in [0.25, 0.3) is 0 Å². The summed E-state index contributed by atoms with van der Waals surface area (Å²) in [5.41, 5.74) is -0.366. The van der Waals surface area contributed by atoms with Crippen LogP contribution in [-0.4, -0.2) is 5.78 Å². The predicted molar refractivity (Wildman–Crippen MR) is 54.8 cm³/mol. The summed E-state index contributed by atoms with van der Waals surface area (Å²) in [6, 6.07) is 1.76. The lowest BCUT2D eigenvalue weighted by molar-refractivity contribution is 0.0974. The van der Waals surface area contributed by atoms with Crippen LogP contribution >= 0.6 is 0 Å². The van der Waals surface area contributed by atoms with E-state index in [9.17, 15) is 18.0 Å². The topological polar surface area (TPSA) is 17.1 Å². The van der Waals surface area contributed by atoms with Crippen LogP contribution in [0.25, 0.3) is 0 Å². The lowest BCUT2D eigenvalue weighted by Gasteiger charge is -2.03. The standard InChI is InChI=1S/C12H13F3O/c1-2-3-4-5-10(16)8-6-7-9(13)12(15)11(8)14/h6-7H,2-5H2,1H3. The van der Waals surface area contributed by atoms with Crippen molar-refractivity contribution in [1.29, 1.82) is 0 Å². The molecule has 1 aromatic carbocycles. The van der Waals surface area contributed by atoms with Gasteiger partial charge in [0, 0.05) is 6.42 Å². The van der Waals surface area contributed by atoms with Crippen LogP contribution in [0.4, 0.5) is 13.2 Å². The van der Waals surface area contributed by atoms with E-state index in [1.165, 1.54) is 0 Å². The van der Waals surface area contributed by atoms with Gasteiger partial charge in [-0.25, -0.2) is 13.2 Å². The molecule has 0 saturated heterocycles. The van der Waals surface area contributed by atoms with Crippen molar-refractivity contribution in [2.45, 2.75) is 32.6 Å². The van der Waals surface area contributed by atoms with E-state index in [-0.39, 0.29) is 12.0 Å². The summed E-state index contributed by atoms with van der Waals surface area (Å²) in [7, 11) is 0. The molecule has 1 aromatic rings. The van der Waals surface area contributed by atoms with Gasteiger partial charge in [-0.1, -0.05) is 19.8 Å². The molecular weight excluding hydrogens is 217 g/mol. The Morgan fingerprint density at radius 1 is 1.12 bits per heavy atom. The van der Waals surface area contributed by atoms with Crippen LogP contribution in [0.15, 0.2) is 12.1 Å². The first-order valence-corrected chi connectivity index (χ1v) is 5.24. The summed E-state index contributed by atoms with van der Waals surface area (Å²) in [5, 5.41) is 0. The van der Waals surface area contributed by atoms with Gasteiger partial charge in [0.05, 0.1) is 5.56 Å². The van der Waals surface area contributed by atoms with Crippen molar-refractivity contribution in [3.63, 3.8) is 0 Å². The molecule has 0 bridgehead atoms. The summed E-state index contributed by atoms with van der Waals surface area (Å²) in [6.45, 7) is 1.97. The quantitative estimate of drug-likeness (QED) is 0.426. The van der Waals surface area contributed by atoms with Crippen LogP contribution in [0, 0.1) is 17.5 Å². The third-order valence-electron chi connectivity index (χ3n) is 2.34. The molecule has 0 fully saturated rings. The Morgan fingerprint density at radius 2 is 1.81 bits per heavy atom. The molecule has 0 unspecified atom stereocenters. The van der Waals surface area contributed by atoms with Gasteiger partial charge in [-0.3, -0.25) is 4.79 Å². The highest BCUT2D eigenvalue weighted by Crippen LogP contribution is 2.17. The van der Waals surface area contributed by atoms with Crippen molar-refractivity contribution in [2.24, 2.45) is 0 Å². The second-order valence-electron chi connectivity index (χ2n) is 3.60. The molecule has 0 aliphatic heterocycles. The summed E-state index contributed by atoms with van der Waals surface area (Å²) < 4.78 is 38.6. The second kappa shape index (κ2) is 5.68. The first-order chi connectivity index (χ1) is 7.57. The van der Waals surface area contributed by atoms with E-state index in [0.717, 1.165) is 25.0 Å². The van der Waals surface area contributed by atoms with E-state index in [1.54, 1.807) is 0 Å². The fraction of sp³-hybridized carbons (Fsp3) is 0.417. The Bertz CT molecular complexity index is 388. The summed E-state index contributed by atoms with van der Waals surface area (Å²) in [4.78, 5) is 11.5. The average Bonchev–Trinajstić information content (AvgIpc) is 2.26. The van der Waals surface area contributed by atoms with E-state index in [4.69, 9.17) is 0 Å². The average molecular weight is 230 g/mol. The zero-order chi connectivity index (χ0) is 12.1. The maximum atomic E-state index is 13.2. The van der Waals surface area contributed by atoms with Gasteiger partial charge >= 0.3 is 0 Å². The first kappa shape index (κ1) is 12.7. The van der Waals surface area contributed by atoms with Crippen molar-refractivity contribution < 1.29 is 18.0 Å². The van der Waals surface area contributed by atoms with Crippen LogP contribution in [0.2, 0.25) is 0 Å². The number of carbonyl (C=O) groups is 1. The zero-order valence-corrected chi connectivity index (χ0v) is 9.03. The second-order valence-corrected chi connectivity index (χ2v) is 3.60. The number of carbonyl (C=O) groups excluding carboxylic acids is 1. The molecule has 88 valence electrons. The SMILES string of the molecule is CCCCCC(=O)c1ccc(F)c(F)c1F. The largest absolute Gasteiger partial charge is 0.294 e. The molecule has 0 aromatic heterocycles. The van der Waals surface area contributed by atoms with Crippen molar-refractivity contribution >= 4 is 5.78 Å². The lowest BCUT2D eigenvalue weighted by Crippen LogP contribution is -2.05. The van der Waals surface area contributed by atoms with Crippen LogP contribution in [0.3, 0.4) is 0 Å². The normalized spacial score (nSPS) is 10.5. The Labute approximate surface area is 92.3 Å². The number of unbranched alkanes of at least 4 members (excludes halogenated alkanes) is 2. The third kappa shape index (κ3) is 2.84. The Morgan fingerprint density at radius 3 is 2.44 bits per heavy atom. The highest BCUT2D eigenvalue weighted by atomic mass is 19.2. The number of rotatable bonds is 5. The number of Topliss-reactive ketones (excluding diaryl/α,β-unsaturated/α-hetero) is 1.